The minimum absolute atomic E-state index is 0.0444. The van der Waals surface area contributed by atoms with E-state index in [0.717, 1.165) is 59.0 Å². The second-order valence-electron chi connectivity index (χ2n) is 9.46. The minimum Gasteiger partial charge on any atom is -0.354 e. The summed E-state index contributed by atoms with van der Waals surface area (Å²) in [6.45, 7) is 5.99. The Kier molecular flexibility index (Phi) is 7.05. The molecule has 0 saturated carbocycles. The Bertz CT molecular complexity index is 1450. The SMILES string of the molecule is CCCc1nc(N2CCCN(C(=O)c3cccc(C(F)(F)F)c3)CC2)c2c(C)nn(-c3ccccc3)c2n1. The maximum absolute atomic E-state index is 13.2. The predicted molar refractivity (Wildman–Crippen MR) is 140 cm³/mol. The minimum atomic E-state index is -4.50. The highest BCUT2D eigenvalue weighted by atomic mass is 19.4. The Hall–Kier alpha value is -3.95. The Labute approximate surface area is 218 Å². The van der Waals surface area contributed by atoms with Gasteiger partial charge in [-0.15, -0.1) is 0 Å². The van der Waals surface area contributed by atoms with E-state index in [9.17, 15) is 18.0 Å². The maximum atomic E-state index is 13.2. The molecule has 7 nitrogen and oxygen atoms in total. The van der Waals surface area contributed by atoms with Crippen molar-refractivity contribution in [3.8, 4) is 5.69 Å². The van der Waals surface area contributed by atoms with Crippen molar-refractivity contribution in [2.24, 2.45) is 0 Å². The van der Waals surface area contributed by atoms with Gasteiger partial charge in [0.1, 0.15) is 11.6 Å². The lowest BCUT2D eigenvalue weighted by Gasteiger charge is -2.24. The highest BCUT2D eigenvalue weighted by Crippen LogP contribution is 2.31. The second-order valence-corrected chi connectivity index (χ2v) is 9.46. The standard InChI is InChI=1S/C28H29F3N6O/c1-3-9-23-32-25(24-19(2)34-37(26(24)33-23)22-12-5-4-6-13-22)35-14-8-15-36(17-16-35)27(38)20-10-7-11-21(18-20)28(29,30)31/h4-7,10-13,18H,3,8-9,14-17H2,1-2H3. The van der Waals surface area contributed by atoms with Crippen molar-refractivity contribution in [2.45, 2.75) is 39.3 Å². The van der Waals surface area contributed by atoms with E-state index in [-0.39, 0.29) is 5.56 Å². The number of halogens is 3. The zero-order valence-electron chi connectivity index (χ0n) is 21.4. The van der Waals surface area contributed by atoms with Gasteiger partial charge in [-0.3, -0.25) is 4.79 Å². The molecule has 38 heavy (non-hydrogen) atoms. The fourth-order valence-corrected chi connectivity index (χ4v) is 4.86. The highest BCUT2D eigenvalue weighted by molar-refractivity contribution is 5.95. The third kappa shape index (κ3) is 5.07. The number of hydrogen-bond donors (Lipinski definition) is 0. The number of rotatable bonds is 5. The van der Waals surface area contributed by atoms with Gasteiger partial charge >= 0.3 is 6.18 Å². The molecule has 198 valence electrons. The lowest BCUT2D eigenvalue weighted by molar-refractivity contribution is -0.137. The maximum Gasteiger partial charge on any atom is 0.416 e. The van der Waals surface area contributed by atoms with Gasteiger partial charge in [0.2, 0.25) is 0 Å². The highest BCUT2D eigenvalue weighted by Gasteiger charge is 2.32. The number of alkyl halides is 3. The number of benzene rings is 2. The number of para-hydroxylation sites is 1. The monoisotopic (exact) mass is 522 g/mol. The first-order chi connectivity index (χ1) is 18.3. The third-order valence-electron chi connectivity index (χ3n) is 6.72. The van der Waals surface area contributed by atoms with Crippen molar-refractivity contribution in [1.82, 2.24) is 24.6 Å². The molecule has 0 aliphatic carbocycles. The van der Waals surface area contributed by atoms with Crippen molar-refractivity contribution in [2.75, 3.05) is 31.1 Å². The van der Waals surface area contributed by atoms with Gasteiger partial charge in [-0.1, -0.05) is 31.2 Å². The summed E-state index contributed by atoms with van der Waals surface area (Å²) in [4.78, 5) is 26.7. The van der Waals surface area contributed by atoms with E-state index in [0.29, 0.717) is 32.6 Å². The summed E-state index contributed by atoms with van der Waals surface area (Å²) in [6, 6.07) is 14.5. The summed E-state index contributed by atoms with van der Waals surface area (Å²) < 4.78 is 41.4. The Morgan fingerprint density at radius 1 is 0.974 bits per heavy atom. The number of carbonyl (C=O) groups excluding carboxylic acids is 1. The third-order valence-corrected chi connectivity index (χ3v) is 6.72. The van der Waals surface area contributed by atoms with Crippen LogP contribution in [-0.4, -0.2) is 56.7 Å². The number of fused-ring (bicyclic) bond motifs is 1. The Morgan fingerprint density at radius 3 is 2.50 bits per heavy atom. The van der Waals surface area contributed by atoms with Gasteiger partial charge in [-0.25, -0.2) is 14.6 Å². The predicted octanol–water partition coefficient (Wildman–Crippen LogP) is 5.45. The number of anilines is 1. The van der Waals surface area contributed by atoms with Gasteiger partial charge in [-0.05, 0) is 50.1 Å². The lowest BCUT2D eigenvalue weighted by atomic mass is 10.1. The van der Waals surface area contributed by atoms with Crippen molar-refractivity contribution < 1.29 is 18.0 Å². The molecule has 0 atom stereocenters. The summed E-state index contributed by atoms with van der Waals surface area (Å²) in [6.07, 6.45) is -2.23. The molecular weight excluding hydrogens is 493 g/mol. The average Bonchev–Trinajstić information content (AvgIpc) is 3.08. The molecule has 3 heterocycles. The van der Waals surface area contributed by atoms with Crippen molar-refractivity contribution >= 4 is 22.8 Å². The summed E-state index contributed by atoms with van der Waals surface area (Å²) in [5, 5.41) is 5.65. The van der Waals surface area contributed by atoms with Crippen LogP contribution in [0.25, 0.3) is 16.7 Å². The molecule has 5 rings (SSSR count). The molecule has 0 N–H and O–H groups in total. The molecule has 2 aromatic heterocycles. The Balaban J connectivity index is 1.46. The first-order valence-corrected chi connectivity index (χ1v) is 12.8. The number of amides is 1. The van der Waals surface area contributed by atoms with Crippen LogP contribution in [0.4, 0.5) is 19.0 Å². The lowest BCUT2D eigenvalue weighted by Crippen LogP contribution is -2.35. The van der Waals surface area contributed by atoms with E-state index in [2.05, 4.69) is 11.8 Å². The normalized spacial score (nSPS) is 14.7. The summed E-state index contributed by atoms with van der Waals surface area (Å²) >= 11 is 0. The van der Waals surface area contributed by atoms with Gasteiger partial charge in [-0.2, -0.15) is 18.3 Å². The van der Waals surface area contributed by atoms with Gasteiger partial charge in [0, 0.05) is 38.2 Å². The molecule has 1 aliphatic heterocycles. The van der Waals surface area contributed by atoms with Crippen LogP contribution in [0.1, 0.15) is 47.2 Å². The fourth-order valence-electron chi connectivity index (χ4n) is 4.86. The Morgan fingerprint density at radius 2 is 1.76 bits per heavy atom. The van der Waals surface area contributed by atoms with Crippen LogP contribution >= 0.6 is 0 Å². The molecule has 10 heteroatoms. The first kappa shape index (κ1) is 25.7. The zero-order chi connectivity index (χ0) is 26.9. The molecule has 0 unspecified atom stereocenters. The summed E-state index contributed by atoms with van der Waals surface area (Å²) in [5.41, 5.74) is 1.68. The van der Waals surface area contributed by atoms with Crippen LogP contribution in [0.2, 0.25) is 0 Å². The van der Waals surface area contributed by atoms with E-state index in [1.54, 1.807) is 4.90 Å². The van der Waals surface area contributed by atoms with Crippen LogP contribution in [0.5, 0.6) is 0 Å². The molecule has 1 aliphatic rings. The fraction of sp³-hybridized carbons (Fsp3) is 0.357. The number of aryl methyl sites for hydroxylation is 2. The number of hydrogen-bond acceptors (Lipinski definition) is 5. The second kappa shape index (κ2) is 10.4. The van der Waals surface area contributed by atoms with Crippen LogP contribution in [-0.2, 0) is 12.6 Å². The zero-order valence-corrected chi connectivity index (χ0v) is 21.4. The first-order valence-electron chi connectivity index (χ1n) is 12.8. The average molecular weight is 523 g/mol. The van der Waals surface area contributed by atoms with Gasteiger partial charge in [0.05, 0.1) is 22.3 Å². The molecule has 2 aromatic carbocycles. The van der Waals surface area contributed by atoms with E-state index in [1.165, 1.54) is 12.1 Å². The van der Waals surface area contributed by atoms with Gasteiger partial charge in [0.25, 0.3) is 5.91 Å². The van der Waals surface area contributed by atoms with Crippen LogP contribution in [0.15, 0.2) is 54.6 Å². The van der Waals surface area contributed by atoms with Crippen molar-refractivity contribution in [3.63, 3.8) is 0 Å². The molecule has 0 bridgehead atoms. The van der Waals surface area contributed by atoms with Crippen LogP contribution in [0, 0.1) is 6.92 Å². The van der Waals surface area contributed by atoms with E-state index < -0.39 is 17.6 Å². The molecule has 4 aromatic rings. The summed E-state index contributed by atoms with van der Waals surface area (Å²) in [7, 11) is 0. The molecule has 1 saturated heterocycles. The van der Waals surface area contributed by atoms with E-state index in [4.69, 9.17) is 15.1 Å². The van der Waals surface area contributed by atoms with Crippen molar-refractivity contribution in [3.05, 3.63) is 77.2 Å². The smallest absolute Gasteiger partial charge is 0.354 e. The van der Waals surface area contributed by atoms with Crippen LogP contribution in [0.3, 0.4) is 0 Å². The molecule has 0 radical (unpaired) electrons. The topological polar surface area (TPSA) is 67.2 Å². The molecule has 1 amide bonds. The number of carbonyl (C=O) groups is 1. The molecular formula is C28H29F3N6O. The summed E-state index contributed by atoms with van der Waals surface area (Å²) in [5.74, 6) is 1.12. The molecule has 1 fully saturated rings. The molecule has 0 spiro atoms. The number of aromatic nitrogens is 4. The van der Waals surface area contributed by atoms with Crippen LogP contribution < -0.4 is 4.90 Å². The number of nitrogens with zero attached hydrogens (tertiary/aromatic N) is 6. The van der Waals surface area contributed by atoms with Gasteiger partial charge in [0.15, 0.2) is 5.65 Å². The van der Waals surface area contributed by atoms with Crippen molar-refractivity contribution in [1.29, 1.82) is 0 Å². The largest absolute Gasteiger partial charge is 0.416 e. The van der Waals surface area contributed by atoms with E-state index >= 15 is 0 Å². The van der Waals surface area contributed by atoms with E-state index in [1.807, 2.05) is 41.9 Å². The quantitative estimate of drug-likeness (QED) is 0.349. The van der Waals surface area contributed by atoms with Gasteiger partial charge < -0.3 is 9.80 Å².